The summed E-state index contributed by atoms with van der Waals surface area (Å²) in [5.41, 5.74) is 3.02. The van der Waals surface area contributed by atoms with Gasteiger partial charge in [0, 0.05) is 36.5 Å². The number of ketones is 2. The van der Waals surface area contributed by atoms with Gasteiger partial charge in [-0.25, -0.2) is 0 Å². The van der Waals surface area contributed by atoms with Gasteiger partial charge in [0.15, 0.2) is 0 Å². The predicted molar refractivity (Wildman–Crippen MR) is 173 cm³/mol. The number of carbonyl (C=O) groups is 2. The van der Waals surface area contributed by atoms with Crippen LogP contribution < -0.4 is 9.47 Å². The lowest BCUT2D eigenvalue weighted by Crippen LogP contribution is -2.39. The zero-order valence-electron chi connectivity index (χ0n) is 27.7. The molecule has 1 saturated heterocycles. The molecule has 236 valence electrons. The highest BCUT2D eigenvalue weighted by Gasteiger charge is 2.45. The lowest BCUT2D eigenvalue weighted by molar-refractivity contribution is -0.139. The third-order valence-electron chi connectivity index (χ3n) is 10.4. The van der Waals surface area contributed by atoms with Crippen LogP contribution in [0.4, 0.5) is 0 Å². The maximum Gasteiger partial charge on any atom is 0.137 e. The molecule has 1 saturated carbocycles. The summed E-state index contributed by atoms with van der Waals surface area (Å²) in [6.07, 6.45) is 6.44. The summed E-state index contributed by atoms with van der Waals surface area (Å²) in [6.45, 7) is 16.9. The quantitative estimate of drug-likeness (QED) is 0.196. The minimum Gasteiger partial charge on any atom is -0.493 e. The van der Waals surface area contributed by atoms with Crippen LogP contribution in [-0.4, -0.2) is 38.0 Å². The molecule has 2 aliphatic rings. The van der Waals surface area contributed by atoms with Crippen molar-refractivity contribution in [2.45, 2.75) is 117 Å². The van der Waals surface area contributed by atoms with Gasteiger partial charge in [-0.2, -0.15) is 0 Å². The molecule has 43 heavy (non-hydrogen) atoms. The molecule has 4 rings (SSSR count). The first-order chi connectivity index (χ1) is 20.5. The average Bonchev–Trinajstić information content (AvgIpc) is 3.73. The van der Waals surface area contributed by atoms with E-state index < -0.39 is 5.41 Å². The molecule has 2 aromatic rings. The van der Waals surface area contributed by atoms with E-state index in [4.69, 9.17) is 14.2 Å². The van der Waals surface area contributed by atoms with Gasteiger partial charge in [-0.15, -0.1) is 0 Å². The molecule has 0 radical (unpaired) electrons. The number of rotatable bonds is 16. The van der Waals surface area contributed by atoms with Crippen molar-refractivity contribution in [1.82, 2.24) is 0 Å². The molecule has 2 atom stereocenters. The number of benzene rings is 2. The highest BCUT2D eigenvalue weighted by atomic mass is 16.5. The Morgan fingerprint density at radius 1 is 0.953 bits per heavy atom. The fourth-order valence-electron chi connectivity index (χ4n) is 7.04. The van der Waals surface area contributed by atoms with E-state index in [1.54, 1.807) is 6.92 Å². The fourth-order valence-corrected chi connectivity index (χ4v) is 7.04. The molecule has 0 spiro atoms. The van der Waals surface area contributed by atoms with Crippen LogP contribution in [0.1, 0.15) is 122 Å². The largest absolute Gasteiger partial charge is 0.493 e. The first kappa shape index (κ1) is 33.2. The zero-order valence-corrected chi connectivity index (χ0v) is 27.7. The van der Waals surface area contributed by atoms with Crippen molar-refractivity contribution in [3.63, 3.8) is 0 Å². The van der Waals surface area contributed by atoms with E-state index in [0.29, 0.717) is 39.3 Å². The van der Waals surface area contributed by atoms with Crippen molar-refractivity contribution >= 4 is 11.6 Å². The first-order valence-corrected chi connectivity index (χ1v) is 16.6. The lowest BCUT2D eigenvalue weighted by atomic mass is 9.69. The van der Waals surface area contributed by atoms with Crippen molar-refractivity contribution in [3.05, 3.63) is 59.2 Å². The highest BCUT2D eigenvalue weighted by Crippen LogP contribution is 2.55. The molecule has 0 amide bonds. The van der Waals surface area contributed by atoms with E-state index >= 15 is 0 Å². The molecule has 1 aliphatic carbocycles. The van der Waals surface area contributed by atoms with Crippen LogP contribution >= 0.6 is 0 Å². The summed E-state index contributed by atoms with van der Waals surface area (Å²) in [6, 6.07) is 15.0. The van der Waals surface area contributed by atoms with Gasteiger partial charge in [0.2, 0.25) is 0 Å². The third-order valence-corrected chi connectivity index (χ3v) is 10.4. The third kappa shape index (κ3) is 7.71. The second-order valence-electron chi connectivity index (χ2n) is 13.9. The Labute approximate surface area is 260 Å². The fraction of sp³-hybridized carbons (Fsp3) is 0.632. The van der Waals surface area contributed by atoms with Crippen LogP contribution in [0.2, 0.25) is 0 Å². The molecule has 2 aromatic carbocycles. The molecule has 1 aliphatic heterocycles. The van der Waals surface area contributed by atoms with Crippen molar-refractivity contribution in [2.24, 2.45) is 11.3 Å². The van der Waals surface area contributed by atoms with E-state index in [9.17, 15) is 9.59 Å². The SMILES string of the molecule is CCOc1cc([C@@H](C)C(CCCC(C)(C)c2ccccc2)C(=O)CC2(C(C)=O)CCOCC2)cc(OCC)c1C1(C)CC1. The molecule has 2 fully saturated rings. The van der Waals surface area contributed by atoms with Gasteiger partial charge in [-0.3, -0.25) is 9.59 Å². The zero-order chi connectivity index (χ0) is 31.3. The van der Waals surface area contributed by atoms with Gasteiger partial charge in [0.05, 0.1) is 13.2 Å². The van der Waals surface area contributed by atoms with E-state index in [2.05, 4.69) is 70.2 Å². The molecule has 1 unspecified atom stereocenters. The smallest absolute Gasteiger partial charge is 0.137 e. The van der Waals surface area contributed by atoms with Crippen molar-refractivity contribution in [1.29, 1.82) is 0 Å². The van der Waals surface area contributed by atoms with Gasteiger partial charge < -0.3 is 14.2 Å². The molecule has 1 heterocycles. The normalized spacial score (nSPS) is 18.9. The van der Waals surface area contributed by atoms with Crippen LogP contribution in [0, 0.1) is 11.3 Å². The van der Waals surface area contributed by atoms with Crippen molar-refractivity contribution in [3.8, 4) is 11.5 Å². The molecule has 0 N–H and O–H groups in total. The predicted octanol–water partition coefficient (Wildman–Crippen LogP) is 8.75. The standard InChI is InChI=1S/C38H54O5/c1-8-42-33-24-29(25-34(43-9-2)35(33)37(7)18-19-37)27(3)31(16-13-17-36(5,6)30-14-11-10-12-15-30)32(40)26-38(28(4)39)20-22-41-23-21-38/h10-12,14-15,24-25,27,31H,8-9,13,16-23,26H2,1-7H3/t27-,31?/m1/s1. The average molecular weight is 591 g/mol. The monoisotopic (exact) mass is 590 g/mol. The van der Waals surface area contributed by atoms with Crippen LogP contribution in [0.15, 0.2) is 42.5 Å². The van der Waals surface area contributed by atoms with Crippen LogP contribution in [0.3, 0.4) is 0 Å². The molecule has 0 aromatic heterocycles. The van der Waals surface area contributed by atoms with Gasteiger partial charge >= 0.3 is 0 Å². The second-order valence-corrected chi connectivity index (χ2v) is 13.9. The highest BCUT2D eigenvalue weighted by molar-refractivity contribution is 5.91. The van der Waals surface area contributed by atoms with E-state index in [1.807, 2.05) is 13.8 Å². The van der Waals surface area contributed by atoms with Crippen LogP contribution in [0.5, 0.6) is 11.5 Å². The van der Waals surface area contributed by atoms with E-state index in [1.165, 1.54) is 5.56 Å². The number of hydrogen-bond donors (Lipinski definition) is 0. The van der Waals surface area contributed by atoms with Crippen LogP contribution in [-0.2, 0) is 25.2 Å². The first-order valence-electron chi connectivity index (χ1n) is 16.6. The Balaban J connectivity index is 1.66. The lowest BCUT2D eigenvalue weighted by Gasteiger charge is -2.36. The summed E-state index contributed by atoms with van der Waals surface area (Å²) >= 11 is 0. The van der Waals surface area contributed by atoms with Gasteiger partial charge in [-0.05, 0) is 99.3 Å². The second kappa shape index (κ2) is 14.0. The number of hydrogen-bond acceptors (Lipinski definition) is 5. The Morgan fingerprint density at radius 2 is 1.53 bits per heavy atom. The summed E-state index contributed by atoms with van der Waals surface area (Å²) < 4.78 is 18.1. The summed E-state index contributed by atoms with van der Waals surface area (Å²) in [7, 11) is 0. The molecule has 5 nitrogen and oxygen atoms in total. The van der Waals surface area contributed by atoms with E-state index in [0.717, 1.165) is 54.7 Å². The number of carbonyl (C=O) groups excluding carboxylic acids is 2. The molecule has 5 heteroatoms. The van der Waals surface area contributed by atoms with Crippen LogP contribution in [0.25, 0.3) is 0 Å². The number of ether oxygens (including phenoxy) is 3. The Hall–Kier alpha value is -2.66. The van der Waals surface area contributed by atoms with Gasteiger partial charge in [0.25, 0.3) is 0 Å². The van der Waals surface area contributed by atoms with Gasteiger partial charge in [0.1, 0.15) is 23.1 Å². The topological polar surface area (TPSA) is 61.8 Å². The van der Waals surface area contributed by atoms with E-state index in [-0.39, 0.29) is 40.7 Å². The summed E-state index contributed by atoms with van der Waals surface area (Å²) in [5, 5.41) is 0. The Kier molecular flexibility index (Phi) is 10.8. The minimum atomic E-state index is -0.617. The molecular formula is C38H54O5. The maximum absolute atomic E-state index is 14.4. The number of Topliss-reactive ketones (excluding diaryl/α,β-unsaturated/α-hetero) is 2. The van der Waals surface area contributed by atoms with Crippen molar-refractivity contribution < 1.29 is 23.8 Å². The Bertz CT molecular complexity index is 1210. The van der Waals surface area contributed by atoms with Gasteiger partial charge in [-0.1, -0.05) is 64.4 Å². The van der Waals surface area contributed by atoms with Crippen molar-refractivity contribution in [2.75, 3.05) is 26.4 Å². The minimum absolute atomic E-state index is 0.00500. The molecular weight excluding hydrogens is 536 g/mol. The molecule has 0 bridgehead atoms. The maximum atomic E-state index is 14.4. The summed E-state index contributed by atoms with van der Waals surface area (Å²) in [5.74, 6) is 1.82. The summed E-state index contributed by atoms with van der Waals surface area (Å²) in [4.78, 5) is 27.3. The Morgan fingerprint density at radius 3 is 2.05 bits per heavy atom.